The summed E-state index contributed by atoms with van der Waals surface area (Å²) in [7, 11) is 5.26. The monoisotopic (exact) mass is 523 g/mol. The Morgan fingerprint density at radius 1 is 1.13 bits per heavy atom. The molecule has 10 heteroatoms. The van der Waals surface area contributed by atoms with E-state index in [-0.39, 0.29) is 49.3 Å². The molecule has 2 aromatic carbocycles. The highest BCUT2D eigenvalue weighted by Crippen LogP contribution is 2.35. The van der Waals surface area contributed by atoms with Crippen molar-refractivity contribution in [1.82, 2.24) is 15.5 Å². The van der Waals surface area contributed by atoms with Crippen LogP contribution in [-0.2, 0) is 23.3 Å². The highest BCUT2D eigenvalue weighted by Gasteiger charge is 2.30. The molecule has 1 heterocycles. The average molecular weight is 524 g/mol. The first-order valence-corrected chi connectivity index (χ1v) is 12.5. The summed E-state index contributed by atoms with van der Waals surface area (Å²) in [4.78, 5) is 40.3. The molecule has 5 N–H and O–H groups in total. The fourth-order valence-electron chi connectivity index (χ4n) is 4.50. The molecule has 0 atom stereocenters. The van der Waals surface area contributed by atoms with Gasteiger partial charge in [0.15, 0.2) is 5.78 Å². The number of benzene rings is 2. The number of aliphatic carboxylic acids is 1. The second kappa shape index (κ2) is 11.2. The van der Waals surface area contributed by atoms with Gasteiger partial charge >= 0.3 is 5.97 Å². The van der Waals surface area contributed by atoms with Crippen molar-refractivity contribution in [3.63, 3.8) is 0 Å². The molecule has 0 bridgehead atoms. The number of carbonyl (C=O) groups excluding carboxylic acids is 2. The number of nitrogens with zero attached hydrogens (tertiary/aromatic N) is 2. The number of phenols is 1. The van der Waals surface area contributed by atoms with Gasteiger partial charge in [-0.25, -0.2) is 0 Å². The number of amidine groups is 1. The van der Waals surface area contributed by atoms with Gasteiger partial charge in [0, 0.05) is 68.7 Å². The lowest BCUT2D eigenvalue weighted by atomic mass is 9.83. The van der Waals surface area contributed by atoms with Crippen LogP contribution in [0.15, 0.2) is 24.3 Å². The molecule has 0 saturated carbocycles. The summed E-state index contributed by atoms with van der Waals surface area (Å²) >= 11 is 0. The quantitative estimate of drug-likeness (QED) is 0.236. The van der Waals surface area contributed by atoms with Crippen LogP contribution < -0.4 is 15.5 Å². The van der Waals surface area contributed by atoms with E-state index in [1.54, 1.807) is 30.1 Å². The zero-order valence-corrected chi connectivity index (χ0v) is 22.9. The molecule has 0 spiro atoms. The first-order valence-electron chi connectivity index (χ1n) is 12.5. The van der Waals surface area contributed by atoms with Crippen LogP contribution in [0, 0.1) is 5.41 Å². The van der Waals surface area contributed by atoms with Gasteiger partial charge in [-0.15, -0.1) is 0 Å². The zero-order valence-electron chi connectivity index (χ0n) is 22.9. The minimum atomic E-state index is -0.921. The summed E-state index contributed by atoms with van der Waals surface area (Å²) in [5.74, 6) is -1.12. The molecule has 3 rings (SSSR count). The molecule has 1 aliphatic rings. The van der Waals surface area contributed by atoms with E-state index in [4.69, 9.17) is 10.5 Å². The maximum absolute atomic E-state index is 13.5. The number of nitrogens with one attached hydrogen (secondary N) is 3. The molecule has 0 fully saturated rings. The van der Waals surface area contributed by atoms with Crippen LogP contribution in [0.5, 0.6) is 5.75 Å². The normalized spacial score (nSPS) is 12.9. The number of fused-ring (bicyclic) bond motifs is 1. The van der Waals surface area contributed by atoms with Crippen LogP contribution in [0.4, 0.5) is 5.69 Å². The molecule has 2 aromatic rings. The number of carboxylic acid groups (broad SMARTS) is 1. The van der Waals surface area contributed by atoms with Gasteiger partial charge in [-0.2, -0.15) is 0 Å². The van der Waals surface area contributed by atoms with Gasteiger partial charge in [-0.05, 0) is 35.2 Å². The van der Waals surface area contributed by atoms with Crippen molar-refractivity contribution in [1.29, 1.82) is 5.41 Å². The Balaban J connectivity index is 1.88. The number of carboxylic acids is 1. The first-order chi connectivity index (χ1) is 17.7. The molecule has 38 heavy (non-hydrogen) atoms. The van der Waals surface area contributed by atoms with E-state index in [9.17, 15) is 19.5 Å². The van der Waals surface area contributed by atoms with E-state index in [0.717, 1.165) is 11.3 Å². The van der Waals surface area contributed by atoms with E-state index in [0.29, 0.717) is 34.4 Å². The smallest absolute Gasteiger partial charge is 0.304 e. The number of amides is 1. The summed E-state index contributed by atoms with van der Waals surface area (Å²) in [6, 6.07) is 6.91. The van der Waals surface area contributed by atoms with Gasteiger partial charge in [-0.3, -0.25) is 19.8 Å². The van der Waals surface area contributed by atoms with Crippen molar-refractivity contribution >= 4 is 29.2 Å². The lowest BCUT2D eigenvalue weighted by molar-refractivity contribution is -0.136. The standard InChI is InChI=1S/C28H37N5O5/c1-28(2,3)21-10-16(9-17(25(21)37)13-31-8-7-24(35)36)23(34)15-33-14-18-11-22(32(5)6)20(27(38)30-4)12-19(18)26(33)29/h9-12,29,31,37H,7-8,13-15H2,1-6H3,(H,30,38)(H,35,36). The van der Waals surface area contributed by atoms with E-state index < -0.39 is 11.4 Å². The summed E-state index contributed by atoms with van der Waals surface area (Å²) < 4.78 is 0. The van der Waals surface area contributed by atoms with E-state index in [1.165, 1.54) is 0 Å². The number of anilines is 1. The Morgan fingerprint density at radius 3 is 2.39 bits per heavy atom. The second-order valence-corrected chi connectivity index (χ2v) is 10.7. The molecule has 0 aromatic heterocycles. The fraction of sp³-hybridized carbons (Fsp3) is 0.429. The van der Waals surface area contributed by atoms with Crippen LogP contribution in [0.2, 0.25) is 0 Å². The largest absolute Gasteiger partial charge is 0.507 e. The third-order valence-electron chi connectivity index (χ3n) is 6.59. The van der Waals surface area contributed by atoms with Gasteiger partial charge in [-0.1, -0.05) is 20.8 Å². The number of phenolic OH excluding ortho intramolecular Hbond substituents is 1. The van der Waals surface area contributed by atoms with Crippen molar-refractivity contribution in [3.8, 4) is 5.75 Å². The van der Waals surface area contributed by atoms with Gasteiger partial charge in [0.2, 0.25) is 0 Å². The molecule has 1 aliphatic heterocycles. The van der Waals surface area contributed by atoms with Gasteiger partial charge in [0.1, 0.15) is 11.6 Å². The Bertz CT molecular complexity index is 1280. The highest BCUT2D eigenvalue weighted by atomic mass is 16.4. The van der Waals surface area contributed by atoms with Crippen LogP contribution in [0.1, 0.15) is 70.2 Å². The zero-order chi connectivity index (χ0) is 28.4. The van der Waals surface area contributed by atoms with Crippen LogP contribution in [0.25, 0.3) is 0 Å². The third kappa shape index (κ3) is 6.13. The molecule has 0 aliphatic carbocycles. The van der Waals surface area contributed by atoms with Gasteiger partial charge in [0.25, 0.3) is 5.91 Å². The molecule has 204 valence electrons. The Morgan fingerprint density at radius 2 is 1.82 bits per heavy atom. The van der Waals surface area contributed by atoms with Crippen molar-refractivity contribution in [2.75, 3.05) is 39.1 Å². The minimum Gasteiger partial charge on any atom is -0.507 e. The number of Topliss-reactive ketones (excluding diaryl/α,β-unsaturated/α-hetero) is 1. The fourth-order valence-corrected chi connectivity index (χ4v) is 4.50. The van der Waals surface area contributed by atoms with Crippen LogP contribution in [-0.4, -0.2) is 72.8 Å². The molecular weight excluding hydrogens is 486 g/mol. The Hall–Kier alpha value is -3.92. The minimum absolute atomic E-state index is 0.0413. The molecule has 1 amide bonds. The van der Waals surface area contributed by atoms with E-state index >= 15 is 0 Å². The maximum Gasteiger partial charge on any atom is 0.304 e. The second-order valence-electron chi connectivity index (χ2n) is 10.7. The van der Waals surface area contributed by atoms with Gasteiger partial charge in [0.05, 0.1) is 18.5 Å². The van der Waals surface area contributed by atoms with Gasteiger partial charge < -0.3 is 30.6 Å². The first kappa shape index (κ1) is 28.6. The lowest BCUT2D eigenvalue weighted by Crippen LogP contribution is -2.30. The predicted octanol–water partition coefficient (Wildman–Crippen LogP) is 2.70. The number of hydrogen-bond donors (Lipinski definition) is 5. The molecule has 10 nitrogen and oxygen atoms in total. The number of hydrogen-bond acceptors (Lipinski definition) is 7. The number of carbonyl (C=O) groups is 3. The van der Waals surface area contributed by atoms with Crippen molar-refractivity contribution in [3.05, 3.63) is 57.6 Å². The Labute approximate surface area is 223 Å². The van der Waals surface area contributed by atoms with Crippen molar-refractivity contribution < 1.29 is 24.6 Å². The molecule has 0 radical (unpaired) electrons. The SMILES string of the molecule is CNC(=O)c1cc2c(cc1N(C)C)CN(CC(=O)c1cc(CNCCC(=O)O)c(O)c(C(C)(C)C)c1)C2=N. The number of aromatic hydroxyl groups is 1. The summed E-state index contributed by atoms with van der Waals surface area (Å²) in [5, 5.41) is 34.1. The topological polar surface area (TPSA) is 146 Å². The number of rotatable bonds is 10. The van der Waals surface area contributed by atoms with Crippen molar-refractivity contribution in [2.24, 2.45) is 0 Å². The van der Waals surface area contributed by atoms with E-state index in [2.05, 4.69) is 10.6 Å². The maximum atomic E-state index is 13.5. The van der Waals surface area contributed by atoms with Crippen LogP contribution >= 0.6 is 0 Å². The summed E-state index contributed by atoms with van der Waals surface area (Å²) in [6.07, 6.45) is -0.0552. The summed E-state index contributed by atoms with van der Waals surface area (Å²) in [5.41, 5.74) is 3.77. The highest BCUT2D eigenvalue weighted by molar-refractivity contribution is 6.08. The third-order valence-corrected chi connectivity index (χ3v) is 6.59. The summed E-state index contributed by atoms with van der Waals surface area (Å²) in [6.45, 7) is 6.59. The molecular formula is C28H37N5O5. The lowest BCUT2D eigenvalue weighted by Gasteiger charge is -2.24. The van der Waals surface area contributed by atoms with Crippen molar-refractivity contribution in [2.45, 2.75) is 45.7 Å². The number of ketones is 1. The van der Waals surface area contributed by atoms with Crippen LogP contribution in [0.3, 0.4) is 0 Å². The molecule has 0 unspecified atom stereocenters. The average Bonchev–Trinajstić information content (AvgIpc) is 3.14. The Kier molecular flexibility index (Phi) is 8.46. The van der Waals surface area contributed by atoms with E-state index in [1.807, 2.05) is 45.8 Å². The predicted molar refractivity (Wildman–Crippen MR) is 146 cm³/mol. The molecule has 0 saturated heterocycles.